The Balaban J connectivity index is 2.07. The number of hydrogen-bond donors (Lipinski definition) is 1. The predicted octanol–water partition coefficient (Wildman–Crippen LogP) is 1.92. The van der Waals surface area contributed by atoms with Crippen molar-refractivity contribution in [1.82, 2.24) is 4.90 Å². The SMILES string of the molecule is Cc1ccc(/C=C/C(=O)N2CCC(C)C2C(=O)O)o1. The van der Waals surface area contributed by atoms with Crippen molar-refractivity contribution in [3.63, 3.8) is 0 Å². The Morgan fingerprint density at radius 2 is 2.21 bits per heavy atom. The fourth-order valence-electron chi connectivity index (χ4n) is 2.36. The number of aryl methyl sites for hydroxylation is 1. The Morgan fingerprint density at radius 1 is 1.47 bits per heavy atom. The van der Waals surface area contributed by atoms with E-state index in [1.807, 2.05) is 19.9 Å². The second kappa shape index (κ2) is 5.30. The molecule has 1 amide bonds. The van der Waals surface area contributed by atoms with Gasteiger partial charge in [-0.1, -0.05) is 6.92 Å². The fourth-order valence-corrected chi connectivity index (χ4v) is 2.36. The maximum Gasteiger partial charge on any atom is 0.326 e. The number of rotatable bonds is 3. The molecule has 2 unspecified atom stereocenters. The van der Waals surface area contributed by atoms with Gasteiger partial charge in [0, 0.05) is 12.6 Å². The summed E-state index contributed by atoms with van der Waals surface area (Å²) in [5.74, 6) is 0.113. The minimum atomic E-state index is -0.944. The summed E-state index contributed by atoms with van der Waals surface area (Å²) in [4.78, 5) is 24.6. The Hall–Kier alpha value is -2.04. The number of nitrogens with zero attached hydrogens (tertiary/aromatic N) is 1. The molecule has 5 nitrogen and oxygen atoms in total. The van der Waals surface area contributed by atoms with Gasteiger partial charge in [-0.3, -0.25) is 4.79 Å². The molecule has 0 spiro atoms. The van der Waals surface area contributed by atoms with Crippen LogP contribution in [0.3, 0.4) is 0 Å². The molecule has 1 aliphatic heterocycles. The van der Waals surface area contributed by atoms with Crippen molar-refractivity contribution >= 4 is 18.0 Å². The summed E-state index contributed by atoms with van der Waals surface area (Å²) >= 11 is 0. The van der Waals surface area contributed by atoms with Gasteiger partial charge in [-0.05, 0) is 37.5 Å². The molecule has 102 valence electrons. The third-order valence-corrected chi connectivity index (χ3v) is 3.39. The van der Waals surface area contributed by atoms with Crippen LogP contribution in [0.4, 0.5) is 0 Å². The molecule has 1 fully saturated rings. The third-order valence-electron chi connectivity index (χ3n) is 3.39. The first kappa shape index (κ1) is 13.4. The number of carbonyl (C=O) groups excluding carboxylic acids is 1. The van der Waals surface area contributed by atoms with E-state index in [1.54, 1.807) is 12.1 Å². The average molecular weight is 263 g/mol. The van der Waals surface area contributed by atoms with Gasteiger partial charge in [0.05, 0.1) is 0 Å². The molecule has 19 heavy (non-hydrogen) atoms. The zero-order valence-corrected chi connectivity index (χ0v) is 11.0. The molecule has 2 rings (SSSR count). The standard InChI is InChI=1S/C14H17NO4/c1-9-7-8-15(13(9)14(17)18)12(16)6-5-11-4-3-10(2)19-11/h3-6,9,13H,7-8H2,1-2H3,(H,17,18)/b6-5+. The van der Waals surface area contributed by atoms with E-state index in [2.05, 4.69) is 0 Å². The summed E-state index contributed by atoms with van der Waals surface area (Å²) < 4.78 is 5.32. The Kier molecular flexibility index (Phi) is 3.74. The van der Waals surface area contributed by atoms with Crippen LogP contribution in [0.25, 0.3) is 6.08 Å². The lowest BCUT2D eigenvalue weighted by atomic mass is 10.0. The van der Waals surface area contributed by atoms with Crippen LogP contribution >= 0.6 is 0 Å². The van der Waals surface area contributed by atoms with Crippen LogP contribution in [0, 0.1) is 12.8 Å². The minimum absolute atomic E-state index is 0.0132. The smallest absolute Gasteiger partial charge is 0.326 e. The Bertz CT molecular complexity index is 517. The first-order chi connectivity index (χ1) is 8.99. The first-order valence-electron chi connectivity index (χ1n) is 6.27. The fraction of sp³-hybridized carbons (Fsp3) is 0.429. The minimum Gasteiger partial charge on any atom is -0.480 e. The van der Waals surface area contributed by atoms with E-state index in [-0.39, 0.29) is 11.8 Å². The first-order valence-corrected chi connectivity index (χ1v) is 6.27. The molecule has 0 bridgehead atoms. The van der Waals surface area contributed by atoms with Crippen molar-refractivity contribution in [2.24, 2.45) is 5.92 Å². The molecule has 2 atom stereocenters. The molecular weight excluding hydrogens is 246 g/mol. The molecule has 1 aromatic heterocycles. The topological polar surface area (TPSA) is 70.8 Å². The zero-order valence-electron chi connectivity index (χ0n) is 11.0. The van der Waals surface area contributed by atoms with E-state index in [0.29, 0.717) is 12.3 Å². The quantitative estimate of drug-likeness (QED) is 0.846. The van der Waals surface area contributed by atoms with Gasteiger partial charge in [0.1, 0.15) is 17.6 Å². The van der Waals surface area contributed by atoms with Crippen molar-refractivity contribution in [2.45, 2.75) is 26.3 Å². The molecule has 1 N–H and O–H groups in total. The van der Waals surface area contributed by atoms with Crippen LogP contribution in [0.1, 0.15) is 24.9 Å². The highest BCUT2D eigenvalue weighted by molar-refractivity contribution is 5.94. The van der Waals surface area contributed by atoms with Gasteiger partial charge in [0.25, 0.3) is 0 Å². The van der Waals surface area contributed by atoms with E-state index < -0.39 is 12.0 Å². The van der Waals surface area contributed by atoms with E-state index in [9.17, 15) is 9.59 Å². The van der Waals surface area contributed by atoms with Crippen LogP contribution in [0.15, 0.2) is 22.6 Å². The molecule has 0 saturated carbocycles. The van der Waals surface area contributed by atoms with Crippen LogP contribution in [-0.4, -0.2) is 34.5 Å². The van der Waals surface area contributed by atoms with Gasteiger partial charge >= 0.3 is 5.97 Å². The summed E-state index contributed by atoms with van der Waals surface area (Å²) in [6.45, 7) is 4.16. The van der Waals surface area contributed by atoms with Crippen molar-refractivity contribution < 1.29 is 19.1 Å². The highest BCUT2D eigenvalue weighted by atomic mass is 16.4. The molecule has 1 saturated heterocycles. The van der Waals surface area contributed by atoms with Crippen LogP contribution in [0.5, 0.6) is 0 Å². The number of carboxylic acids is 1. The highest BCUT2D eigenvalue weighted by Crippen LogP contribution is 2.24. The van der Waals surface area contributed by atoms with E-state index in [0.717, 1.165) is 12.2 Å². The van der Waals surface area contributed by atoms with Crippen LogP contribution in [0.2, 0.25) is 0 Å². The molecule has 1 aliphatic rings. The number of carbonyl (C=O) groups is 2. The van der Waals surface area contributed by atoms with Crippen LogP contribution in [-0.2, 0) is 9.59 Å². The molecule has 2 heterocycles. The van der Waals surface area contributed by atoms with Crippen molar-refractivity contribution in [3.8, 4) is 0 Å². The average Bonchev–Trinajstić information content (AvgIpc) is 2.92. The third kappa shape index (κ3) is 2.86. The van der Waals surface area contributed by atoms with Gasteiger partial charge < -0.3 is 14.4 Å². The summed E-state index contributed by atoms with van der Waals surface area (Å²) in [6.07, 6.45) is 3.65. The van der Waals surface area contributed by atoms with Gasteiger partial charge in [-0.2, -0.15) is 0 Å². The normalized spacial score (nSPS) is 23.2. The van der Waals surface area contributed by atoms with Gasteiger partial charge in [0.15, 0.2) is 0 Å². The largest absolute Gasteiger partial charge is 0.480 e. The lowest BCUT2D eigenvalue weighted by molar-refractivity contribution is -0.147. The molecule has 1 aromatic rings. The van der Waals surface area contributed by atoms with Gasteiger partial charge in [-0.15, -0.1) is 0 Å². The van der Waals surface area contributed by atoms with E-state index in [4.69, 9.17) is 9.52 Å². The monoisotopic (exact) mass is 263 g/mol. The number of likely N-dealkylation sites (tertiary alicyclic amines) is 1. The van der Waals surface area contributed by atoms with Crippen molar-refractivity contribution in [3.05, 3.63) is 29.7 Å². The number of amides is 1. The number of carboxylic acid groups (broad SMARTS) is 1. The number of hydrogen-bond acceptors (Lipinski definition) is 3. The van der Waals surface area contributed by atoms with Gasteiger partial charge in [-0.25, -0.2) is 4.79 Å². The van der Waals surface area contributed by atoms with Crippen molar-refractivity contribution in [2.75, 3.05) is 6.54 Å². The Morgan fingerprint density at radius 3 is 2.79 bits per heavy atom. The molecule has 0 aromatic carbocycles. The highest BCUT2D eigenvalue weighted by Gasteiger charge is 2.38. The summed E-state index contributed by atoms with van der Waals surface area (Å²) in [5.41, 5.74) is 0. The summed E-state index contributed by atoms with van der Waals surface area (Å²) in [7, 11) is 0. The maximum atomic E-state index is 12.0. The molecule has 0 radical (unpaired) electrons. The summed E-state index contributed by atoms with van der Waals surface area (Å²) in [5, 5.41) is 9.16. The maximum absolute atomic E-state index is 12.0. The summed E-state index contributed by atoms with van der Waals surface area (Å²) in [6, 6.07) is 2.85. The second-order valence-corrected chi connectivity index (χ2v) is 4.86. The molecule has 5 heteroatoms. The van der Waals surface area contributed by atoms with E-state index >= 15 is 0 Å². The van der Waals surface area contributed by atoms with E-state index in [1.165, 1.54) is 11.0 Å². The van der Waals surface area contributed by atoms with Crippen molar-refractivity contribution in [1.29, 1.82) is 0 Å². The van der Waals surface area contributed by atoms with Crippen LogP contribution < -0.4 is 0 Å². The Labute approximate surface area is 111 Å². The molecule has 0 aliphatic carbocycles. The lowest BCUT2D eigenvalue weighted by Crippen LogP contribution is -2.42. The predicted molar refractivity (Wildman–Crippen MR) is 69.4 cm³/mol. The molecular formula is C14H17NO4. The number of furan rings is 1. The van der Waals surface area contributed by atoms with Gasteiger partial charge in [0.2, 0.25) is 5.91 Å². The lowest BCUT2D eigenvalue weighted by Gasteiger charge is -2.21. The zero-order chi connectivity index (χ0) is 14.0. The number of aliphatic carboxylic acids is 1. The second-order valence-electron chi connectivity index (χ2n) is 4.86.